The van der Waals surface area contributed by atoms with Crippen molar-refractivity contribution in [2.24, 2.45) is 0 Å². The second kappa shape index (κ2) is 9.36. The lowest BCUT2D eigenvalue weighted by molar-refractivity contribution is -0.149. The molecular formula is C23H26O4. The van der Waals surface area contributed by atoms with Crippen LogP contribution < -0.4 is 4.74 Å². The largest absolute Gasteiger partial charge is 0.479 e. The first-order chi connectivity index (χ1) is 13.1. The molecule has 1 fully saturated rings. The Balaban J connectivity index is 1.48. The van der Waals surface area contributed by atoms with Crippen molar-refractivity contribution >= 4 is 11.8 Å². The third-order valence-electron chi connectivity index (χ3n) is 5.04. The van der Waals surface area contributed by atoms with Gasteiger partial charge in [0.25, 0.3) is 0 Å². The van der Waals surface area contributed by atoms with Crippen LogP contribution in [0.2, 0.25) is 0 Å². The maximum atomic E-state index is 12.3. The zero-order valence-electron chi connectivity index (χ0n) is 15.7. The number of ether oxygens (including phenoxy) is 2. The molecule has 3 rings (SSSR count). The van der Waals surface area contributed by atoms with E-state index < -0.39 is 12.1 Å². The Morgan fingerprint density at radius 2 is 1.63 bits per heavy atom. The zero-order chi connectivity index (χ0) is 19.1. The van der Waals surface area contributed by atoms with Crippen LogP contribution in [0.25, 0.3) is 0 Å². The zero-order valence-corrected chi connectivity index (χ0v) is 15.7. The molecule has 0 radical (unpaired) electrons. The molecule has 1 unspecified atom stereocenters. The Morgan fingerprint density at radius 1 is 0.963 bits per heavy atom. The van der Waals surface area contributed by atoms with E-state index in [1.807, 2.05) is 42.5 Å². The second-order valence-corrected chi connectivity index (χ2v) is 7.06. The minimum absolute atomic E-state index is 0.203. The first-order valence-electron chi connectivity index (χ1n) is 9.65. The summed E-state index contributed by atoms with van der Waals surface area (Å²) in [6, 6.07) is 16.8. The van der Waals surface area contributed by atoms with E-state index in [1.54, 1.807) is 19.1 Å². The third kappa shape index (κ3) is 5.43. The number of para-hydroxylation sites is 1. The van der Waals surface area contributed by atoms with E-state index >= 15 is 0 Å². The summed E-state index contributed by atoms with van der Waals surface area (Å²) in [4.78, 5) is 24.3. The van der Waals surface area contributed by atoms with Crippen molar-refractivity contribution in [3.05, 3.63) is 65.7 Å². The number of esters is 1. The molecule has 1 atom stereocenters. The van der Waals surface area contributed by atoms with Crippen LogP contribution in [0.3, 0.4) is 0 Å². The summed E-state index contributed by atoms with van der Waals surface area (Å²) < 4.78 is 10.6. The number of hydrogen-bond donors (Lipinski definition) is 0. The summed E-state index contributed by atoms with van der Waals surface area (Å²) in [7, 11) is 0. The molecule has 0 aliphatic heterocycles. The fourth-order valence-electron chi connectivity index (χ4n) is 3.47. The number of carbonyl (C=O) groups is 2. The van der Waals surface area contributed by atoms with Crippen molar-refractivity contribution in [2.45, 2.75) is 51.0 Å². The molecule has 142 valence electrons. The van der Waals surface area contributed by atoms with Gasteiger partial charge in [-0.3, -0.25) is 4.79 Å². The molecule has 0 aromatic heterocycles. The minimum atomic E-state index is -0.770. The number of hydrogen-bond acceptors (Lipinski definition) is 4. The van der Waals surface area contributed by atoms with Crippen LogP contribution in [-0.2, 0) is 9.53 Å². The van der Waals surface area contributed by atoms with E-state index in [0.29, 0.717) is 17.2 Å². The fraction of sp³-hybridized carbons (Fsp3) is 0.391. The molecule has 0 spiro atoms. The quantitative estimate of drug-likeness (QED) is 0.515. The summed E-state index contributed by atoms with van der Waals surface area (Å²) in [5.41, 5.74) is 1.87. The van der Waals surface area contributed by atoms with Gasteiger partial charge in [0.05, 0.1) is 0 Å². The third-order valence-corrected chi connectivity index (χ3v) is 5.04. The molecule has 1 saturated carbocycles. The highest BCUT2D eigenvalue weighted by atomic mass is 16.6. The van der Waals surface area contributed by atoms with Crippen LogP contribution in [0.4, 0.5) is 0 Å². The van der Waals surface area contributed by atoms with Crippen molar-refractivity contribution in [3.8, 4) is 5.75 Å². The highest BCUT2D eigenvalue weighted by Crippen LogP contribution is 2.32. The Bertz CT molecular complexity index is 746. The van der Waals surface area contributed by atoms with Crippen molar-refractivity contribution in [2.75, 3.05) is 6.61 Å². The predicted octanol–water partition coefficient (Wildman–Crippen LogP) is 4.93. The van der Waals surface area contributed by atoms with Crippen LogP contribution in [0, 0.1) is 0 Å². The first-order valence-corrected chi connectivity index (χ1v) is 9.65. The van der Waals surface area contributed by atoms with Crippen LogP contribution in [0.1, 0.15) is 60.9 Å². The van der Waals surface area contributed by atoms with Gasteiger partial charge in [-0.15, -0.1) is 0 Å². The van der Waals surface area contributed by atoms with E-state index in [0.717, 1.165) is 0 Å². The van der Waals surface area contributed by atoms with Crippen molar-refractivity contribution in [3.63, 3.8) is 0 Å². The van der Waals surface area contributed by atoms with Crippen LogP contribution >= 0.6 is 0 Å². The minimum Gasteiger partial charge on any atom is -0.479 e. The number of carbonyl (C=O) groups excluding carboxylic acids is 2. The molecule has 2 aromatic carbocycles. The summed E-state index contributed by atoms with van der Waals surface area (Å²) in [5, 5.41) is 0. The molecule has 4 nitrogen and oxygen atoms in total. The summed E-state index contributed by atoms with van der Waals surface area (Å²) in [6.45, 7) is 1.34. The molecular weight excluding hydrogens is 340 g/mol. The summed E-state index contributed by atoms with van der Waals surface area (Å²) in [5.74, 6) is 0.444. The molecule has 0 N–H and O–H groups in total. The number of benzene rings is 2. The van der Waals surface area contributed by atoms with Gasteiger partial charge in [0.2, 0.25) is 0 Å². The lowest BCUT2D eigenvalue weighted by Gasteiger charge is -2.22. The van der Waals surface area contributed by atoms with Gasteiger partial charge in [0.1, 0.15) is 5.75 Å². The molecule has 2 aromatic rings. The van der Waals surface area contributed by atoms with Gasteiger partial charge in [-0.25, -0.2) is 4.79 Å². The molecule has 27 heavy (non-hydrogen) atoms. The molecule has 1 aliphatic rings. The van der Waals surface area contributed by atoms with Gasteiger partial charge in [0.15, 0.2) is 18.5 Å². The van der Waals surface area contributed by atoms with Gasteiger partial charge in [-0.2, -0.15) is 0 Å². The number of ketones is 1. The van der Waals surface area contributed by atoms with Crippen LogP contribution in [-0.4, -0.2) is 24.5 Å². The fourth-order valence-corrected chi connectivity index (χ4v) is 3.47. The summed E-state index contributed by atoms with van der Waals surface area (Å²) in [6.07, 6.45) is 5.57. The number of rotatable bonds is 7. The molecule has 0 amide bonds. The topological polar surface area (TPSA) is 52.6 Å². The van der Waals surface area contributed by atoms with Gasteiger partial charge < -0.3 is 9.47 Å². The molecule has 0 saturated heterocycles. The van der Waals surface area contributed by atoms with E-state index in [4.69, 9.17) is 9.47 Å². The Hall–Kier alpha value is -2.62. The number of Topliss-reactive ketones (excluding diaryl/α,β-unsaturated/α-hetero) is 1. The highest BCUT2D eigenvalue weighted by Gasteiger charge is 2.19. The highest BCUT2D eigenvalue weighted by molar-refractivity contribution is 5.98. The van der Waals surface area contributed by atoms with E-state index in [-0.39, 0.29) is 12.4 Å². The lowest BCUT2D eigenvalue weighted by Crippen LogP contribution is -2.28. The van der Waals surface area contributed by atoms with Gasteiger partial charge in [-0.1, -0.05) is 61.7 Å². The van der Waals surface area contributed by atoms with Gasteiger partial charge in [0, 0.05) is 5.56 Å². The first kappa shape index (κ1) is 19.2. The van der Waals surface area contributed by atoms with Gasteiger partial charge in [-0.05, 0) is 43.4 Å². The molecule has 4 heteroatoms. The van der Waals surface area contributed by atoms with Crippen LogP contribution in [0.5, 0.6) is 5.75 Å². The van der Waals surface area contributed by atoms with Crippen molar-refractivity contribution in [1.82, 2.24) is 0 Å². The molecule has 1 aliphatic carbocycles. The smallest absolute Gasteiger partial charge is 0.347 e. The maximum absolute atomic E-state index is 12.3. The average molecular weight is 366 g/mol. The van der Waals surface area contributed by atoms with Crippen molar-refractivity contribution in [1.29, 1.82) is 0 Å². The van der Waals surface area contributed by atoms with E-state index in [1.165, 1.54) is 37.7 Å². The Morgan fingerprint density at radius 3 is 2.30 bits per heavy atom. The van der Waals surface area contributed by atoms with E-state index in [2.05, 4.69) is 0 Å². The molecule has 0 bridgehead atoms. The Kier molecular flexibility index (Phi) is 6.64. The van der Waals surface area contributed by atoms with Crippen molar-refractivity contribution < 1.29 is 19.1 Å². The normalized spacial score (nSPS) is 15.7. The lowest BCUT2D eigenvalue weighted by atomic mass is 9.84. The SMILES string of the molecule is CC(Oc1ccccc1)C(=O)OCC(=O)c1ccc(C2CCCCC2)cc1. The standard InChI is InChI=1S/C23H26O4/c1-17(27-21-10-6-3-7-11-21)23(25)26-16-22(24)20-14-12-19(13-15-20)18-8-4-2-5-9-18/h3,6-7,10-15,17-18H,2,4-5,8-9,16H2,1H3. The summed E-state index contributed by atoms with van der Waals surface area (Å²) >= 11 is 0. The predicted molar refractivity (Wildman–Crippen MR) is 104 cm³/mol. The average Bonchev–Trinajstić information content (AvgIpc) is 2.73. The van der Waals surface area contributed by atoms with Gasteiger partial charge >= 0.3 is 5.97 Å². The monoisotopic (exact) mass is 366 g/mol. The second-order valence-electron chi connectivity index (χ2n) is 7.06. The maximum Gasteiger partial charge on any atom is 0.347 e. The van der Waals surface area contributed by atoms with Crippen LogP contribution in [0.15, 0.2) is 54.6 Å². The molecule has 0 heterocycles. The Labute approximate surface area is 160 Å². The van der Waals surface area contributed by atoms with E-state index in [9.17, 15) is 9.59 Å².